The van der Waals surface area contributed by atoms with Crippen molar-refractivity contribution in [3.8, 4) is 0 Å². The van der Waals surface area contributed by atoms with Gasteiger partial charge in [-0.1, -0.05) is 35.3 Å². The summed E-state index contributed by atoms with van der Waals surface area (Å²) in [7, 11) is 1.86. The first-order valence-electron chi connectivity index (χ1n) is 6.38. The zero-order valence-electron chi connectivity index (χ0n) is 11.4. The Morgan fingerprint density at radius 3 is 2.55 bits per heavy atom. The molecule has 1 nitrogen and oxygen atoms in total. The highest BCUT2D eigenvalue weighted by atomic mass is 35.5. The largest absolute Gasteiger partial charge is 0.313 e. The first kappa shape index (κ1) is 15.3. The first-order chi connectivity index (χ1) is 9.51. The molecular formula is C16H16Cl2FN. The lowest BCUT2D eigenvalue weighted by atomic mass is 9.97. The van der Waals surface area contributed by atoms with Crippen LogP contribution >= 0.6 is 23.2 Å². The lowest BCUT2D eigenvalue weighted by Gasteiger charge is -2.18. The number of hydrogen-bond donors (Lipinski definition) is 1. The Morgan fingerprint density at radius 2 is 1.90 bits per heavy atom. The molecule has 0 aliphatic carbocycles. The fourth-order valence-electron chi connectivity index (χ4n) is 2.19. The second-order valence-electron chi connectivity index (χ2n) is 4.79. The Labute approximate surface area is 128 Å². The van der Waals surface area contributed by atoms with Crippen molar-refractivity contribution in [2.75, 3.05) is 7.05 Å². The van der Waals surface area contributed by atoms with E-state index in [9.17, 15) is 4.39 Å². The van der Waals surface area contributed by atoms with E-state index in [2.05, 4.69) is 5.32 Å². The molecule has 0 heterocycles. The molecule has 1 unspecified atom stereocenters. The molecule has 2 aromatic carbocycles. The summed E-state index contributed by atoms with van der Waals surface area (Å²) in [6.45, 7) is 1.96. The molecule has 0 fully saturated rings. The monoisotopic (exact) mass is 311 g/mol. The minimum Gasteiger partial charge on any atom is -0.313 e. The molecule has 0 saturated heterocycles. The van der Waals surface area contributed by atoms with Gasteiger partial charge in [0.1, 0.15) is 5.82 Å². The van der Waals surface area contributed by atoms with E-state index in [0.717, 1.165) is 16.1 Å². The molecule has 0 saturated carbocycles. The zero-order valence-corrected chi connectivity index (χ0v) is 12.9. The molecule has 2 aromatic rings. The van der Waals surface area contributed by atoms with Crippen LogP contribution < -0.4 is 5.32 Å². The number of rotatable bonds is 4. The third kappa shape index (κ3) is 3.51. The van der Waals surface area contributed by atoms with Crippen LogP contribution in [0.4, 0.5) is 4.39 Å². The highest BCUT2D eigenvalue weighted by molar-refractivity contribution is 6.31. The maximum atomic E-state index is 13.8. The summed E-state index contributed by atoms with van der Waals surface area (Å²) in [5.74, 6) is -0.236. The van der Waals surface area contributed by atoms with E-state index in [1.165, 1.54) is 6.07 Å². The molecule has 1 N–H and O–H groups in total. The predicted octanol–water partition coefficient (Wildman–Crippen LogP) is 4.94. The van der Waals surface area contributed by atoms with Gasteiger partial charge in [0.15, 0.2) is 0 Å². The van der Waals surface area contributed by atoms with Gasteiger partial charge in [-0.3, -0.25) is 0 Å². The summed E-state index contributed by atoms with van der Waals surface area (Å²) in [5, 5.41) is 4.49. The predicted molar refractivity (Wildman–Crippen MR) is 83.1 cm³/mol. The standard InChI is InChI=1S/C16H16Cl2FN/c1-10-7-11(3-5-14(10)18)16(20-2)9-12-8-13(17)4-6-15(12)19/h3-8,16,20H,9H2,1-2H3. The Morgan fingerprint density at radius 1 is 1.15 bits per heavy atom. The number of likely N-dealkylation sites (N-methyl/N-ethyl adjacent to an activating group) is 1. The fourth-order valence-corrected chi connectivity index (χ4v) is 2.50. The molecule has 0 aliphatic rings. The second kappa shape index (κ2) is 6.57. The molecule has 0 aliphatic heterocycles. The van der Waals surface area contributed by atoms with Crippen molar-refractivity contribution in [2.24, 2.45) is 0 Å². The van der Waals surface area contributed by atoms with E-state index in [1.807, 2.05) is 32.2 Å². The van der Waals surface area contributed by atoms with Crippen LogP contribution in [0.2, 0.25) is 10.0 Å². The molecule has 0 amide bonds. The Hall–Kier alpha value is -1.09. The van der Waals surface area contributed by atoms with Crippen LogP contribution in [-0.2, 0) is 6.42 Å². The van der Waals surface area contributed by atoms with Gasteiger partial charge < -0.3 is 5.32 Å². The summed E-state index contributed by atoms with van der Waals surface area (Å²) in [6.07, 6.45) is 0.532. The molecule has 0 aromatic heterocycles. The molecule has 1 atom stereocenters. The summed E-state index contributed by atoms with van der Waals surface area (Å²) in [5.41, 5.74) is 2.69. The topological polar surface area (TPSA) is 12.0 Å². The van der Waals surface area contributed by atoms with Crippen molar-refractivity contribution >= 4 is 23.2 Å². The summed E-state index contributed by atoms with van der Waals surface area (Å²) >= 11 is 12.0. The molecule has 2 rings (SSSR count). The van der Waals surface area contributed by atoms with Gasteiger partial charge in [-0.05, 0) is 61.3 Å². The van der Waals surface area contributed by atoms with Crippen LogP contribution in [-0.4, -0.2) is 7.05 Å². The third-order valence-corrected chi connectivity index (χ3v) is 4.02. The smallest absolute Gasteiger partial charge is 0.126 e. The third-order valence-electron chi connectivity index (χ3n) is 3.36. The van der Waals surface area contributed by atoms with Crippen molar-refractivity contribution in [1.29, 1.82) is 0 Å². The zero-order chi connectivity index (χ0) is 14.7. The Kier molecular flexibility index (Phi) is 5.03. The van der Waals surface area contributed by atoms with Crippen LogP contribution in [0.5, 0.6) is 0 Å². The Bertz CT molecular complexity index is 613. The van der Waals surface area contributed by atoms with Crippen molar-refractivity contribution < 1.29 is 4.39 Å². The first-order valence-corrected chi connectivity index (χ1v) is 7.14. The van der Waals surface area contributed by atoms with Gasteiger partial charge in [0.25, 0.3) is 0 Å². The number of benzene rings is 2. The van der Waals surface area contributed by atoms with Crippen molar-refractivity contribution in [3.63, 3.8) is 0 Å². The molecule has 0 spiro atoms. The van der Waals surface area contributed by atoms with Gasteiger partial charge in [0, 0.05) is 16.1 Å². The number of nitrogens with one attached hydrogen (secondary N) is 1. The average molecular weight is 312 g/mol. The maximum absolute atomic E-state index is 13.8. The lowest BCUT2D eigenvalue weighted by molar-refractivity contribution is 0.554. The van der Waals surface area contributed by atoms with Gasteiger partial charge >= 0.3 is 0 Å². The van der Waals surface area contributed by atoms with E-state index in [0.29, 0.717) is 17.0 Å². The summed E-state index contributed by atoms with van der Waals surface area (Å²) in [4.78, 5) is 0. The fraction of sp³-hybridized carbons (Fsp3) is 0.250. The summed E-state index contributed by atoms with van der Waals surface area (Å²) in [6, 6.07) is 10.5. The van der Waals surface area contributed by atoms with E-state index < -0.39 is 0 Å². The number of hydrogen-bond acceptors (Lipinski definition) is 1. The van der Waals surface area contributed by atoms with Gasteiger partial charge in [-0.2, -0.15) is 0 Å². The average Bonchev–Trinajstić information content (AvgIpc) is 2.43. The number of halogens is 3. The normalized spacial score (nSPS) is 12.4. The van der Waals surface area contributed by atoms with Crippen molar-refractivity contribution in [3.05, 3.63) is 69.0 Å². The van der Waals surface area contributed by atoms with E-state index in [4.69, 9.17) is 23.2 Å². The SMILES string of the molecule is CNC(Cc1cc(Cl)ccc1F)c1ccc(Cl)c(C)c1. The van der Waals surface area contributed by atoms with Crippen LogP contribution in [0.15, 0.2) is 36.4 Å². The van der Waals surface area contributed by atoms with Crippen LogP contribution in [0.25, 0.3) is 0 Å². The maximum Gasteiger partial charge on any atom is 0.126 e. The van der Waals surface area contributed by atoms with E-state index in [1.54, 1.807) is 12.1 Å². The van der Waals surface area contributed by atoms with Gasteiger partial charge in [0.05, 0.1) is 0 Å². The molecule has 4 heteroatoms. The van der Waals surface area contributed by atoms with Crippen LogP contribution in [0, 0.1) is 12.7 Å². The lowest BCUT2D eigenvalue weighted by Crippen LogP contribution is -2.19. The highest BCUT2D eigenvalue weighted by Gasteiger charge is 2.14. The quantitative estimate of drug-likeness (QED) is 0.843. The van der Waals surface area contributed by atoms with E-state index in [-0.39, 0.29) is 11.9 Å². The Balaban J connectivity index is 2.28. The van der Waals surface area contributed by atoms with E-state index >= 15 is 0 Å². The van der Waals surface area contributed by atoms with Crippen molar-refractivity contribution in [2.45, 2.75) is 19.4 Å². The van der Waals surface area contributed by atoms with Crippen LogP contribution in [0.1, 0.15) is 22.7 Å². The highest BCUT2D eigenvalue weighted by Crippen LogP contribution is 2.25. The van der Waals surface area contributed by atoms with Gasteiger partial charge in [-0.25, -0.2) is 4.39 Å². The van der Waals surface area contributed by atoms with Gasteiger partial charge in [0.2, 0.25) is 0 Å². The molecule has 106 valence electrons. The van der Waals surface area contributed by atoms with Gasteiger partial charge in [-0.15, -0.1) is 0 Å². The molecule has 0 bridgehead atoms. The summed E-state index contributed by atoms with van der Waals surface area (Å²) < 4.78 is 13.8. The number of aryl methyl sites for hydroxylation is 1. The van der Waals surface area contributed by atoms with Crippen LogP contribution in [0.3, 0.4) is 0 Å². The second-order valence-corrected chi connectivity index (χ2v) is 5.63. The molecular weight excluding hydrogens is 296 g/mol. The molecule has 20 heavy (non-hydrogen) atoms. The minimum absolute atomic E-state index is 0.0129. The molecule has 0 radical (unpaired) electrons. The van der Waals surface area contributed by atoms with Crippen molar-refractivity contribution in [1.82, 2.24) is 5.32 Å². The minimum atomic E-state index is -0.236.